The maximum absolute atomic E-state index is 13.2. The molecular weight excluding hydrogens is 247 g/mol. The first-order valence-electron chi connectivity index (χ1n) is 5.51. The summed E-state index contributed by atoms with van der Waals surface area (Å²) in [5, 5.41) is 14.2. The zero-order valence-corrected chi connectivity index (χ0v) is 9.79. The maximum atomic E-state index is 13.2. The van der Waals surface area contributed by atoms with Crippen molar-refractivity contribution in [3.05, 3.63) is 48.7 Å². The van der Waals surface area contributed by atoms with Gasteiger partial charge in [0.25, 0.3) is 0 Å². The monoisotopic (exact) mass is 256 g/mol. The van der Waals surface area contributed by atoms with E-state index in [1.165, 1.54) is 35.4 Å². The molecule has 0 aliphatic heterocycles. The first-order chi connectivity index (χ1) is 9.20. The first-order valence-corrected chi connectivity index (χ1v) is 5.51. The Morgan fingerprint density at radius 1 is 1.32 bits per heavy atom. The minimum Gasteiger partial charge on any atom is -0.493 e. The van der Waals surface area contributed by atoms with Gasteiger partial charge in [0.15, 0.2) is 5.65 Å². The van der Waals surface area contributed by atoms with E-state index in [0.717, 1.165) is 0 Å². The van der Waals surface area contributed by atoms with Crippen LogP contribution in [0.25, 0.3) is 22.8 Å². The van der Waals surface area contributed by atoms with Gasteiger partial charge in [-0.2, -0.15) is 5.10 Å². The van der Waals surface area contributed by atoms with E-state index in [-0.39, 0.29) is 11.7 Å². The van der Waals surface area contributed by atoms with Crippen molar-refractivity contribution in [1.29, 1.82) is 0 Å². The number of aromatic nitrogens is 4. The largest absolute Gasteiger partial charge is 0.493 e. The Bertz CT molecular complexity index is 781. The third kappa shape index (κ3) is 1.74. The van der Waals surface area contributed by atoms with Gasteiger partial charge in [-0.15, -0.1) is 0 Å². The van der Waals surface area contributed by atoms with Crippen LogP contribution in [0.3, 0.4) is 0 Å². The zero-order valence-electron chi connectivity index (χ0n) is 9.79. The number of nitrogens with zero attached hydrogens (tertiary/aromatic N) is 4. The molecule has 1 N–H and O–H groups in total. The lowest BCUT2D eigenvalue weighted by atomic mass is 10.1. The van der Waals surface area contributed by atoms with Gasteiger partial charge < -0.3 is 5.11 Å². The molecule has 2 heterocycles. The summed E-state index contributed by atoms with van der Waals surface area (Å²) in [4.78, 5) is 7.76. The van der Waals surface area contributed by atoms with Crippen LogP contribution < -0.4 is 0 Å². The van der Waals surface area contributed by atoms with Gasteiger partial charge in [-0.05, 0) is 18.2 Å². The Labute approximate surface area is 107 Å². The molecule has 0 aliphatic rings. The Morgan fingerprint density at radius 3 is 2.95 bits per heavy atom. The van der Waals surface area contributed by atoms with Gasteiger partial charge >= 0.3 is 0 Å². The number of rotatable bonds is 2. The van der Waals surface area contributed by atoms with Gasteiger partial charge in [0.1, 0.15) is 17.5 Å². The van der Waals surface area contributed by atoms with Crippen molar-refractivity contribution in [3.63, 3.8) is 0 Å². The second-order valence-corrected chi connectivity index (χ2v) is 3.90. The van der Waals surface area contributed by atoms with E-state index < -0.39 is 0 Å². The fraction of sp³-hybridized carbons (Fsp3) is 0. The molecular formula is C13H9FN4O. The molecule has 2 aromatic heterocycles. The molecule has 19 heavy (non-hydrogen) atoms. The molecule has 0 saturated carbocycles. The third-order valence-corrected chi connectivity index (χ3v) is 2.78. The highest BCUT2D eigenvalue weighted by atomic mass is 19.1. The van der Waals surface area contributed by atoms with Crippen LogP contribution in [0, 0.1) is 5.82 Å². The van der Waals surface area contributed by atoms with Gasteiger partial charge in [0.05, 0.1) is 11.9 Å². The molecule has 0 amide bonds. The lowest BCUT2D eigenvalue weighted by Gasteiger charge is -2.07. The predicted octanol–water partition coefficient (Wildman–Crippen LogP) is 2.30. The normalized spacial score (nSPS) is 10.8. The van der Waals surface area contributed by atoms with Crippen LogP contribution in [-0.4, -0.2) is 24.9 Å². The smallest absolute Gasteiger partial charge is 0.225 e. The van der Waals surface area contributed by atoms with E-state index in [4.69, 9.17) is 0 Å². The number of fused-ring (bicyclic) bond motifs is 1. The lowest BCUT2D eigenvalue weighted by Crippen LogP contribution is -2.00. The molecule has 0 atom stereocenters. The molecule has 94 valence electrons. The summed E-state index contributed by atoms with van der Waals surface area (Å²) >= 11 is 0. The summed E-state index contributed by atoms with van der Waals surface area (Å²) in [6.07, 6.45) is 4.24. The average Bonchev–Trinajstić information content (AvgIpc) is 2.84. The van der Waals surface area contributed by atoms with Crippen molar-refractivity contribution < 1.29 is 9.50 Å². The summed E-state index contributed by atoms with van der Waals surface area (Å²) in [6, 6.07) is 4.27. The van der Waals surface area contributed by atoms with Crippen molar-refractivity contribution in [1.82, 2.24) is 19.7 Å². The predicted molar refractivity (Wildman–Crippen MR) is 68.4 cm³/mol. The Morgan fingerprint density at radius 2 is 2.16 bits per heavy atom. The average molecular weight is 256 g/mol. The zero-order chi connectivity index (χ0) is 13.4. The molecule has 5 nitrogen and oxygen atoms in total. The van der Waals surface area contributed by atoms with E-state index in [9.17, 15) is 9.50 Å². The number of hydrogen-bond donors (Lipinski definition) is 1. The van der Waals surface area contributed by atoms with Crippen molar-refractivity contribution >= 4 is 17.1 Å². The highest BCUT2D eigenvalue weighted by molar-refractivity contribution is 5.81. The number of aromatic hydroxyl groups is 1. The molecule has 0 aliphatic carbocycles. The minimum atomic E-state index is -0.354. The van der Waals surface area contributed by atoms with E-state index in [2.05, 4.69) is 21.6 Å². The van der Waals surface area contributed by atoms with Crippen molar-refractivity contribution in [2.45, 2.75) is 0 Å². The van der Waals surface area contributed by atoms with Gasteiger partial charge in [-0.1, -0.05) is 12.7 Å². The molecule has 0 saturated heterocycles. The summed E-state index contributed by atoms with van der Waals surface area (Å²) in [5.74, 6) is -0.494. The van der Waals surface area contributed by atoms with Crippen LogP contribution >= 0.6 is 0 Å². The first kappa shape index (κ1) is 11.3. The van der Waals surface area contributed by atoms with Crippen LogP contribution in [0.4, 0.5) is 4.39 Å². The molecule has 3 aromatic rings. The minimum absolute atomic E-state index is 0.140. The fourth-order valence-corrected chi connectivity index (χ4v) is 1.89. The molecule has 0 spiro atoms. The standard InChI is InChI=1S/C13H9FN4O/c1-2-8-5-9(14)3-4-11(8)18-12-10(6-17-18)13(19)16-7-15-12/h2-7H,1H2,(H,15,16,19). The Hall–Kier alpha value is -2.76. The van der Waals surface area contributed by atoms with E-state index in [1.54, 1.807) is 6.07 Å². The molecule has 6 heteroatoms. The van der Waals surface area contributed by atoms with Gasteiger partial charge in [0.2, 0.25) is 5.88 Å². The van der Waals surface area contributed by atoms with Crippen LogP contribution in [0.1, 0.15) is 5.56 Å². The topological polar surface area (TPSA) is 63.8 Å². The Kier molecular flexibility index (Phi) is 2.49. The van der Waals surface area contributed by atoms with Gasteiger partial charge in [-0.3, -0.25) is 0 Å². The molecule has 3 rings (SSSR count). The molecule has 0 fully saturated rings. The van der Waals surface area contributed by atoms with Crippen LogP contribution in [0.5, 0.6) is 5.88 Å². The lowest BCUT2D eigenvalue weighted by molar-refractivity contribution is 0.459. The number of benzene rings is 1. The van der Waals surface area contributed by atoms with Crippen LogP contribution in [0.2, 0.25) is 0 Å². The van der Waals surface area contributed by atoms with Gasteiger partial charge in [0, 0.05) is 5.56 Å². The van der Waals surface area contributed by atoms with Crippen LogP contribution in [0.15, 0.2) is 37.3 Å². The van der Waals surface area contributed by atoms with Crippen molar-refractivity contribution in [2.75, 3.05) is 0 Å². The van der Waals surface area contributed by atoms with Crippen molar-refractivity contribution in [3.8, 4) is 11.6 Å². The molecule has 0 unspecified atom stereocenters. The number of hydrogen-bond acceptors (Lipinski definition) is 4. The number of halogens is 1. The second-order valence-electron chi connectivity index (χ2n) is 3.90. The van der Waals surface area contributed by atoms with E-state index in [1.807, 2.05) is 0 Å². The highest BCUT2D eigenvalue weighted by Crippen LogP contribution is 2.24. The molecule has 1 aromatic carbocycles. The quantitative estimate of drug-likeness (QED) is 0.764. The summed E-state index contributed by atoms with van der Waals surface area (Å²) in [5.41, 5.74) is 1.66. The van der Waals surface area contributed by atoms with E-state index >= 15 is 0 Å². The molecule has 0 bridgehead atoms. The van der Waals surface area contributed by atoms with Crippen molar-refractivity contribution in [2.24, 2.45) is 0 Å². The van der Waals surface area contributed by atoms with Gasteiger partial charge in [-0.25, -0.2) is 19.0 Å². The molecule has 0 radical (unpaired) electrons. The van der Waals surface area contributed by atoms with Crippen LogP contribution in [-0.2, 0) is 0 Å². The third-order valence-electron chi connectivity index (χ3n) is 2.78. The summed E-state index contributed by atoms with van der Waals surface area (Å²) in [7, 11) is 0. The maximum Gasteiger partial charge on any atom is 0.225 e. The van der Waals surface area contributed by atoms with E-state index in [0.29, 0.717) is 22.3 Å². The SMILES string of the molecule is C=Cc1cc(F)ccc1-n1ncc2c(O)ncnc21. The summed E-state index contributed by atoms with van der Waals surface area (Å²) in [6.45, 7) is 3.65. The fourth-order valence-electron chi connectivity index (χ4n) is 1.89. The summed E-state index contributed by atoms with van der Waals surface area (Å²) < 4.78 is 14.7. The highest BCUT2D eigenvalue weighted by Gasteiger charge is 2.12. The second kappa shape index (κ2) is 4.16. The Balaban J connectivity index is 2.31.